The minimum atomic E-state index is -1.10. The third kappa shape index (κ3) is 3.12. The number of benzene rings is 8. The van der Waals surface area contributed by atoms with E-state index in [1.54, 1.807) is 12.1 Å². The molecule has 0 heterocycles. The van der Waals surface area contributed by atoms with Gasteiger partial charge in [-0.2, -0.15) is 0 Å². The van der Waals surface area contributed by atoms with Gasteiger partial charge in [0.1, 0.15) is 0 Å². The maximum Gasteiger partial charge on any atom is 0.336 e. The van der Waals surface area contributed by atoms with Crippen molar-refractivity contribution in [3.05, 3.63) is 105 Å². The van der Waals surface area contributed by atoms with E-state index in [0.717, 1.165) is 73.6 Å². The highest BCUT2D eigenvalue weighted by atomic mass is 79.9. The van der Waals surface area contributed by atoms with Crippen molar-refractivity contribution in [1.29, 1.82) is 0 Å². The third-order valence-corrected chi connectivity index (χ3v) is 8.99. The largest absolute Gasteiger partial charge is 0.478 e. The predicted molar refractivity (Wildman–Crippen MR) is 169 cm³/mol. The summed E-state index contributed by atoms with van der Waals surface area (Å²) in [6, 6.07) is 27.2. The second kappa shape index (κ2) is 8.13. The van der Waals surface area contributed by atoms with Crippen molar-refractivity contribution >= 4 is 108 Å². The van der Waals surface area contributed by atoms with E-state index in [9.17, 15) is 19.8 Å². The Morgan fingerprint density at radius 3 is 1.07 bits per heavy atom. The summed E-state index contributed by atoms with van der Waals surface area (Å²) in [5, 5.41) is 32.0. The Balaban J connectivity index is 1.64. The van der Waals surface area contributed by atoms with Crippen molar-refractivity contribution in [2.45, 2.75) is 0 Å². The summed E-state index contributed by atoms with van der Waals surface area (Å²) in [4.78, 5) is 25.7. The van der Waals surface area contributed by atoms with Gasteiger partial charge < -0.3 is 10.2 Å². The molecule has 8 rings (SSSR count). The molecule has 40 heavy (non-hydrogen) atoms. The summed E-state index contributed by atoms with van der Waals surface area (Å²) >= 11 is 7.20. The van der Waals surface area contributed by atoms with Gasteiger partial charge in [-0.1, -0.05) is 80.4 Å². The highest BCUT2D eigenvalue weighted by Crippen LogP contribution is 2.47. The number of carboxylic acid groups (broad SMARTS) is 2. The van der Waals surface area contributed by atoms with Crippen LogP contribution < -0.4 is 0 Å². The van der Waals surface area contributed by atoms with Gasteiger partial charge in [-0.05, 0) is 101 Å². The van der Waals surface area contributed by atoms with Crippen LogP contribution >= 0.6 is 31.9 Å². The van der Waals surface area contributed by atoms with Crippen molar-refractivity contribution < 1.29 is 19.8 Å². The molecule has 0 spiro atoms. The Hall–Kier alpha value is -4.26. The first-order valence-corrected chi connectivity index (χ1v) is 14.2. The molecule has 2 N–H and O–H groups in total. The molecular formula is C34H16Br2O4. The lowest BCUT2D eigenvalue weighted by Crippen LogP contribution is -2.07. The van der Waals surface area contributed by atoms with E-state index < -0.39 is 11.9 Å². The highest BCUT2D eigenvalue weighted by molar-refractivity contribution is 9.10. The minimum Gasteiger partial charge on any atom is -0.478 e. The Bertz CT molecular complexity index is 2200. The lowest BCUT2D eigenvalue weighted by atomic mass is 9.82. The van der Waals surface area contributed by atoms with Gasteiger partial charge >= 0.3 is 11.9 Å². The van der Waals surface area contributed by atoms with Crippen molar-refractivity contribution in [2.75, 3.05) is 0 Å². The van der Waals surface area contributed by atoms with E-state index in [2.05, 4.69) is 31.9 Å². The average molecular weight is 648 g/mol. The van der Waals surface area contributed by atoms with Crippen LogP contribution in [0, 0.1) is 0 Å². The van der Waals surface area contributed by atoms with E-state index >= 15 is 0 Å². The molecule has 6 heteroatoms. The molecule has 0 unspecified atom stereocenters. The fraction of sp³-hybridized carbons (Fsp3) is 0. The predicted octanol–water partition coefficient (Wildman–Crippen LogP) is 10.1. The summed E-state index contributed by atoms with van der Waals surface area (Å²) in [5.41, 5.74) is 1.00. The minimum absolute atomic E-state index is 0.0762. The van der Waals surface area contributed by atoms with Crippen LogP contribution in [0.25, 0.3) is 75.8 Å². The molecule has 0 saturated carbocycles. The normalized spacial score (nSPS) is 12.2. The van der Waals surface area contributed by atoms with Crippen molar-refractivity contribution in [3.8, 4) is 11.1 Å². The number of aromatic carboxylic acids is 2. The van der Waals surface area contributed by atoms with Gasteiger partial charge in [0.2, 0.25) is 0 Å². The molecule has 0 atom stereocenters. The summed E-state index contributed by atoms with van der Waals surface area (Å²) in [7, 11) is 0. The van der Waals surface area contributed by atoms with E-state index in [-0.39, 0.29) is 11.1 Å². The Morgan fingerprint density at radius 2 is 0.750 bits per heavy atom. The van der Waals surface area contributed by atoms with Gasteiger partial charge in [-0.25, -0.2) is 9.59 Å². The molecule has 0 saturated heterocycles. The molecule has 0 bridgehead atoms. The van der Waals surface area contributed by atoms with Crippen LogP contribution in [0.5, 0.6) is 0 Å². The first kappa shape index (κ1) is 23.6. The fourth-order valence-corrected chi connectivity index (χ4v) is 7.58. The van der Waals surface area contributed by atoms with Gasteiger partial charge in [-0.15, -0.1) is 0 Å². The van der Waals surface area contributed by atoms with Crippen LogP contribution in [0.2, 0.25) is 0 Å². The van der Waals surface area contributed by atoms with E-state index in [4.69, 9.17) is 0 Å². The Kier molecular flexibility index (Phi) is 4.80. The van der Waals surface area contributed by atoms with Gasteiger partial charge in [0.25, 0.3) is 0 Å². The number of carboxylic acids is 2. The maximum absolute atomic E-state index is 12.8. The summed E-state index contributed by atoms with van der Waals surface area (Å²) in [5.74, 6) is -2.21. The summed E-state index contributed by atoms with van der Waals surface area (Å²) in [6.45, 7) is 0. The van der Waals surface area contributed by atoms with Crippen LogP contribution in [0.3, 0.4) is 0 Å². The molecule has 0 aromatic heterocycles. The number of hydrogen-bond donors (Lipinski definition) is 2. The first-order valence-electron chi connectivity index (χ1n) is 12.6. The molecule has 0 radical (unpaired) electrons. The van der Waals surface area contributed by atoms with Crippen LogP contribution in [-0.2, 0) is 0 Å². The van der Waals surface area contributed by atoms with E-state index in [1.165, 1.54) is 0 Å². The second-order valence-corrected chi connectivity index (χ2v) is 12.0. The van der Waals surface area contributed by atoms with Gasteiger partial charge in [0.15, 0.2) is 0 Å². The zero-order chi connectivity index (χ0) is 27.4. The van der Waals surface area contributed by atoms with Gasteiger partial charge in [-0.3, -0.25) is 0 Å². The zero-order valence-corrected chi connectivity index (χ0v) is 23.7. The SMILES string of the molecule is O=C(O)c1cc2ccc3cc(Br)cc4ccc(c1-c1c(C(=O)O)cc5ccc6cc(Br)cc7ccc1c5c67)c2c34. The van der Waals surface area contributed by atoms with Gasteiger partial charge in [0, 0.05) is 20.1 Å². The van der Waals surface area contributed by atoms with Gasteiger partial charge in [0.05, 0.1) is 11.1 Å². The molecule has 0 fully saturated rings. The standard InChI is InChI=1S/C34H16Br2O4/c35-21-9-15-1-3-19-13-25(33(37)38)31(23-7-5-17(11-21)27(15)29(19)23)32-24-8-6-18-12-22(36)10-16-2-4-20(30(24)28(16)18)14-26(32)34(39)40/h1-14H,(H,37,38)(H,39,40). The van der Waals surface area contributed by atoms with Crippen LogP contribution in [0.15, 0.2) is 93.9 Å². The average Bonchev–Trinajstić information content (AvgIpc) is 2.93. The maximum atomic E-state index is 12.8. The third-order valence-electron chi connectivity index (χ3n) is 8.08. The Labute approximate surface area is 243 Å². The number of halogens is 2. The van der Waals surface area contributed by atoms with Crippen molar-refractivity contribution in [3.63, 3.8) is 0 Å². The van der Waals surface area contributed by atoms with Crippen molar-refractivity contribution in [1.82, 2.24) is 0 Å². The molecule has 0 aliphatic carbocycles. The topological polar surface area (TPSA) is 74.6 Å². The fourth-order valence-electron chi connectivity index (χ4n) is 6.59. The number of rotatable bonds is 3. The zero-order valence-electron chi connectivity index (χ0n) is 20.5. The summed E-state index contributed by atoms with van der Waals surface area (Å²) in [6.07, 6.45) is 0. The van der Waals surface area contributed by atoms with E-state index in [0.29, 0.717) is 11.1 Å². The lowest BCUT2D eigenvalue weighted by Gasteiger charge is -2.21. The lowest BCUT2D eigenvalue weighted by molar-refractivity contribution is 0.0684. The number of carbonyl (C=O) groups is 2. The molecule has 0 aliphatic rings. The Morgan fingerprint density at radius 1 is 0.450 bits per heavy atom. The molecule has 0 amide bonds. The highest BCUT2D eigenvalue weighted by Gasteiger charge is 2.26. The van der Waals surface area contributed by atoms with Crippen LogP contribution in [0.4, 0.5) is 0 Å². The molecule has 8 aromatic carbocycles. The van der Waals surface area contributed by atoms with Crippen LogP contribution in [-0.4, -0.2) is 22.2 Å². The molecule has 4 nitrogen and oxygen atoms in total. The van der Waals surface area contributed by atoms with E-state index in [1.807, 2.05) is 72.8 Å². The van der Waals surface area contributed by atoms with Crippen LogP contribution in [0.1, 0.15) is 20.7 Å². The molecule has 190 valence electrons. The quantitative estimate of drug-likeness (QED) is 0.187. The van der Waals surface area contributed by atoms with Crippen molar-refractivity contribution in [2.24, 2.45) is 0 Å². The monoisotopic (exact) mass is 646 g/mol. The smallest absolute Gasteiger partial charge is 0.336 e. The summed E-state index contributed by atoms with van der Waals surface area (Å²) < 4.78 is 1.91. The molecule has 8 aromatic rings. The molecular weight excluding hydrogens is 632 g/mol. The second-order valence-electron chi connectivity index (χ2n) is 10.2. The molecule has 0 aliphatic heterocycles. The first-order chi connectivity index (χ1) is 19.3. The number of hydrogen-bond acceptors (Lipinski definition) is 2.